The molecule has 1 aliphatic rings. The first-order valence-electron chi connectivity index (χ1n) is 6.75. The third-order valence-corrected chi connectivity index (χ3v) is 3.56. The Kier molecular flexibility index (Phi) is 3.54. The van der Waals surface area contributed by atoms with Gasteiger partial charge in [0.25, 0.3) is 0 Å². The second-order valence-electron chi connectivity index (χ2n) is 4.92. The number of hydrogen-bond donors (Lipinski definition) is 1. The third kappa shape index (κ3) is 2.46. The number of nitrogens with zero attached hydrogens (tertiary/aromatic N) is 1. The van der Waals surface area contributed by atoms with Gasteiger partial charge in [0.1, 0.15) is 0 Å². The van der Waals surface area contributed by atoms with Crippen LogP contribution >= 0.6 is 0 Å². The summed E-state index contributed by atoms with van der Waals surface area (Å²) in [6, 6.07) is 18.7. The molecule has 0 saturated carbocycles. The second kappa shape index (κ2) is 5.49. The molecule has 1 unspecified atom stereocenters. The minimum atomic E-state index is 0.153. The largest absolute Gasteiger partial charge is 0.405 e. The van der Waals surface area contributed by atoms with Gasteiger partial charge < -0.3 is 10.6 Å². The van der Waals surface area contributed by atoms with Crippen LogP contribution in [-0.2, 0) is 11.4 Å². The van der Waals surface area contributed by atoms with Gasteiger partial charge >= 0.3 is 0 Å². The van der Waals surface area contributed by atoms with Crippen molar-refractivity contribution < 1.29 is 4.84 Å². The molecule has 2 N–H and O–H groups in total. The number of hydroxylamine groups is 2. The maximum Gasteiger partial charge on any atom is 0.152 e. The van der Waals surface area contributed by atoms with Crippen LogP contribution in [0.15, 0.2) is 60.7 Å². The molecule has 1 aliphatic heterocycles. The molecule has 20 heavy (non-hydrogen) atoms. The van der Waals surface area contributed by atoms with E-state index in [1.807, 2.05) is 42.4 Å². The Hall–Kier alpha value is -2.10. The van der Waals surface area contributed by atoms with E-state index >= 15 is 0 Å². The Morgan fingerprint density at radius 1 is 1.05 bits per heavy atom. The van der Waals surface area contributed by atoms with Crippen molar-refractivity contribution >= 4 is 5.76 Å². The van der Waals surface area contributed by atoms with E-state index in [0.29, 0.717) is 6.54 Å². The highest BCUT2D eigenvalue weighted by Crippen LogP contribution is 2.34. The van der Waals surface area contributed by atoms with Crippen molar-refractivity contribution in [1.29, 1.82) is 0 Å². The number of hydrogen-bond acceptors (Lipinski definition) is 3. The van der Waals surface area contributed by atoms with E-state index in [4.69, 9.17) is 10.6 Å². The molecule has 2 aromatic rings. The quantitative estimate of drug-likeness (QED) is 0.927. The average molecular weight is 266 g/mol. The number of nitrogens with two attached hydrogens (primary N) is 1. The van der Waals surface area contributed by atoms with Crippen LogP contribution in [0.25, 0.3) is 5.76 Å². The van der Waals surface area contributed by atoms with Crippen molar-refractivity contribution in [3.63, 3.8) is 0 Å². The van der Waals surface area contributed by atoms with Crippen molar-refractivity contribution in [2.24, 2.45) is 5.73 Å². The molecule has 1 atom stereocenters. The minimum absolute atomic E-state index is 0.153. The summed E-state index contributed by atoms with van der Waals surface area (Å²) in [6.45, 7) is 0.562. The highest BCUT2D eigenvalue weighted by atomic mass is 16.7. The highest BCUT2D eigenvalue weighted by Gasteiger charge is 2.25. The zero-order valence-corrected chi connectivity index (χ0v) is 11.5. The Bertz CT molecular complexity index is 605. The molecule has 3 nitrogen and oxygen atoms in total. The van der Waals surface area contributed by atoms with E-state index in [1.165, 1.54) is 5.56 Å². The maximum atomic E-state index is 5.85. The molecule has 3 rings (SSSR count). The number of rotatable bonds is 3. The molecule has 0 bridgehead atoms. The van der Waals surface area contributed by atoms with Crippen LogP contribution in [0, 0.1) is 0 Å². The van der Waals surface area contributed by atoms with Crippen molar-refractivity contribution in [2.45, 2.75) is 12.6 Å². The molecular formula is C17H18N2O. The van der Waals surface area contributed by atoms with Crippen LogP contribution < -0.4 is 5.73 Å². The highest BCUT2D eigenvalue weighted by molar-refractivity contribution is 5.62. The molecule has 0 aliphatic carbocycles. The lowest BCUT2D eigenvalue weighted by atomic mass is 10.0. The Morgan fingerprint density at radius 3 is 2.40 bits per heavy atom. The summed E-state index contributed by atoms with van der Waals surface area (Å²) in [5.41, 5.74) is 9.05. The lowest BCUT2D eigenvalue weighted by Crippen LogP contribution is -2.16. The molecular weight excluding hydrogens is 248 g/mol. The van der Waals surface area contributed by atoms with Gasteiger partial charge in [-0.05, 0) is 17.2 Å². The summed E-state index contributed by atoms with van der Waals surface area (Å²) in [7, 11) is 1.95. The molecule has 0 saturated heterocycles. The van der Waals surface area contributed by atoms with Crippen LogP contribution in [-0.4, -0.2) is 12.1 Å². The zero-order chi connectivity index (χ0) is 13.9. The van der Waals surface area contributed by atoms with Crippen LogP contribution in [0.2, 0.25) is 0 Å². The van der Waals surface area contributed by atoms with Gasteiger partial charge in [-0.1, -0.05) is 54.6 Å². The predicted octanol–water partition coefficient (Wildman–Crippen LogP) is 3.10. The normalized spacial score (nSPS) is 18.7. The molecule has 0 fully saturated rings. The molecule has 2 aromatic carbocycles. The van der Waals surface area contributed by atoms with Crippen LogP contribution in [0.1, 0.15) is 22.7 Å². The summed E-state index contributed by atoms with van der Waals surface area (Å²) in [5, 5.41) is 1.88. The van der Waals surface area contributed by atoms with E-state index in [2.05, 4.69) is 30.3 Å². The summed E-state index contributed by atoms with van der Waals surface area (Å²) in [6.07, 6.45) is 2.15. The van der Waals surface area contributed by atoms with E-state index in [1.54, 1.807) is 0 Å². The van der Waals surface area contributed by atoms with E-state index in [0.717, 1.165) is 16.9 Å². The fourth-order valence-corrected chi connectivity index (χ4v) is 2.40. The van der Waals surface area contributed by atoms with Crippen LogP contribution in [0.3, 0.4) is 0 Å². The van der Waals surface area contributed by atoms with Crippen molar-refractivity contribution in [1.82, 2.24) is 5.06 Å². The van der Waals surface area contributed by atoms with Crippen LogP contribution in [0.4, 0.5) is 0 Å². The first kappa shape index (κ1) is 12.9. The third-order valence-electron chi connectivity index (χ3n) is 3.56. The SMILES string of the molecule is CN1OC(c2ccc(CN)cc2)=CC1c1ccccc1. The summed E-state index contributed by atoms with van der Waals surface area (Å²) in [5.74, 6) is 0.893. The van der Waals surface area contributed by atoms with E-state index in [-0.39, 0.29) is 6.04 Å². The lowest BCUT2D eigenvalue weighted by Gasteiger charge is -2.18. The monoisotopic (exact) mass is 266 g/mol. The Balaban J connectivity index is 1.87. The molecule has 0 radical (unpaired) electrons. The van der Waals surface area contributed by atoms with Gasteiger partial charge in [-0.25, -0.2) is 0 Å². The fraction of sp³-hybridized carbons (Fsp3) is 0.176. The average Bonchev–Trinajstić information content (AvgIpc) is 2.90. The standard InChI is InChI=1S/C17H18N2O/c1-19-16(14-5-3-2-4-6-14)11-17(20-19)15-9-7-13(12-18)8-10-15/h2-11,16H,12,18H2,1H3. The summed E-state index contributed by atoms with van der Waals surface area (Å²) in [4.78, 5) is 5.85. The fourth-order valence-electron chi connectivity index (χ4n) is 2.40. The van der Waals surface area contributed by atoms with Gasteiger partial charge in [0, 0.05) is 19.2 Å². The molecule has 1 heterocycles. The van der Waals surface area contributed by atoms with Crippen molar-refractivity contribution in [3.05, 3.63) is 77.4 Å². The van der Waals surface area contributed by atoms with E-state index in [9.17, 15) is 0 Å². The summed E-state index contributed by atoms with van der Waals surface area (Å²) >= 11 is 0. The number of benzene rings is 2. The van der Waals surface area contributed by atoms with Gasteiger partial charge in [-0.2, -0.15) is 0 Å². The number of likely N-dealkylation sites (N-methyl/N-ethyl adjacent to an activating group) is 1. The van der Waals surface area contributed by atoms with E-state index < -0.39 is 0 Å². The predicted molar refractivity (Wildman–Crippen MR) is 80.3 cm³/mol. The van der Waals surface area contributed by atoms with Crippen LogP contribution in [0.5, 0.6) is 0 Å². The second-order valence-corrected chi connectivity index (χ2v) is 4.92. The van der Waals surface area contributed by atoms with Gasteiger partial charge in [0.05, 0.1) is 6.04 Å². The van der Waals surface area contributed by atoms with Crippen molar-refractivity contribution in [3.8, 4) is 0 Å². The first-order chi connectivity index (χ1) is 9.78. The smallest absolute Gasteiger partial charge is 0.152 e. The van der Waals surface area contributed by atoms with Gasteiger partial charge in [-0.15, -0.1) is 5.06 Å². The molecule has 0 aromatic heterocycles. The molecule has 0 amide bonds. The van der Waals surface area contributed by atoms with Gasteiger partial charge in [0.2, 0.25) is 0 Å². The molecule has 0 spiro atoms. The van der Waals surface area contributed by atoms with Crippen molar-refractivity contribution in [2.75, 3.05) is 7.05 Å². The first-order valence-corrected chi connectivity index (χ1v) is 6.75. The minimum Gasteiger partial charge on any atom is -0.405 e. The van der Waals surface area contributed by atoms with Gasteiger partial charge in [0.15, 0.2) is 5.76 Å². The topological polar surface area (TPSA) is 38.5 Å². The molecule has 3 heteroatoms. The Labute approximate surface area is 119 Å². The van der Waals surface area contributed by atoms with Gasteiger partial charge in [-0.3, -0.25) is 0 Å². The molecule has 102 valence electrons. The lowest BCUT2D eigenvalue weighted by molar-refractivity contribution is -0.0663. The Morgan fingerprint density at radius 2 is 1.75 bits per heavy atom. The summed E-state index contributed by atoms with van der Waals surface area (Å²) < 4.78 is 0. The maximum absolute atomic E-state index is 5.85. The zero-order valence-electron chi connectivity index (χ0n) is 11.5.